The second-order valence-electron chi connectivity index (χ2n) is 7.68. The van der Waals surface area contributed by atoms with E-state index >= 15 is 0 Å². The largest absolute Gasteiger partial charge is 0.488 e. The highest BCUT2D eigenvalue weighted by molar-refractivity contribution is 6.58. The Morgan fingerprint density at radius 3 is 2.61 bits per heavy atom. The Labute approximate surface area is 191 Å². The number of hydrazone groups is 1. The zero-order valence-corrected chi connectivity index (χ0v) is 17.9. The van der Waals surface area contributed by atoms with Gasteiger partial charge in [-0.15, -0.1) is 0 Å². The maximum absolute atomic E-state index is 9.35. The van der Waals surface area contributed by atoms with Crippen LogP contribution in [0.5, 0.6) is 0 Å². The summed E-state index contributed by atoms with van der Waals surface area (Å²) in [6.07, 6.45) is 1.61. The van der Waals surface area contributed by atoms with Crippen LogP contribution in [-0.4, -0.2) is 64.3 Å². The fraction of sp³-hybridized carbons (Fsp3) is 0.174. The molecule has 0 saturated carbocycles. The highest BCUT2D eigenvalue weighted by Crippen LogP contribution is 2.25. The van der Waals surface area contributed by atoms with Crippen molar-refractivity contribution in [3.8, 4) is 11.3 Å². The Morgan fingerprint density at radius 2 is 1.82 bits per heavy atom. The lowest BCUT2D eigenvalue weighted by atomic mass is 9.80. The first-order valence-corrected chi connectivity index (χ1v) is 10.7. The van der Waals surface area contributed by atoms with Crippen molar-refractivity contribution in [2.24, 2.45) is 5.10 Å². The van der Waals surface area contributed by atoms with Crippen molar-refractivity contribution in [3.05, 3.63) is 72.3 Å². The molecule has 0 radical (unpaired) electrons. The third-order valence-corrected chi connectivity index (χ3v) is 5.41. The number of ether oxygens (including phenoxy) is 1. The highest BCUT2D eigenvalue weighted by atomic mass is 16.5. The molecule has 0 amide bonds. The minimum absolute atomic E-state index is 0.404. The van der Waals surface area contributed by atoms with Gasteiger partial charge in [0.15, 0.2) is 11.5 Å². The van der Waals surface area contributed by atoms with Crippen LogP contribution in [0.4, 0.5) is 11.6 Å². The standard InChI is InChI=1S/C23H23BN6O3/c31-24(32)19-8-4-5-17(13-19)16-25-27-21-15-23(29-9-11-33-12-10-29)30-22(26-21)14-20(28-30)18-6-2-1-3-7-18/h1-8,13-16,31-32H,9-12H2,(H,26,27)/b25-16+. The SMILES string of the molecule is OB(O)c1cccc(/C=N/Nc2cc(N3CCOCC3)n3nc(-c4ccccc4)cc3n2)c1. The van der Waals surface area contributed by atoms with E-state index in [4.69, 9.17) is 14.8 Å². The number of fused-ring (bicyclic) bond motifs is 1. The summed E-state index contributed by atoms with van der Waals surface area (Å²) in [7, 11) is -1.52. The van der Waals surface area contributed by atoms with E-state index in [1.807, 2.05) is 53.0 Å². The van der Waals surface area contributed by atoms with Gasteiger partial charge in [0.25, 0.3) is 0 Å². The molecule has 2 aromatic heterocycles. The van der Waals surface area contributed by atoms with Crippen LogP contribution in [-0.2, 0) is 4.74 Å². The van der Waals surface area contributed by atoms with Crippen molar-refractivity contribution in [2.45, 2.75) is 0 Å². The Balaban J connectivity index is 1.47. The summed E-state index contributed by atoms with van der Waals surface area (Å²) in [4.78, 5) is 6.91. The monoisotopic (exact) mass is 442 g/mol. The molecule has 3 N–H and O–H groups in total. The van der Waals surface area contributed by atoms with Gasteiger partial charge in [-0.25, -0.2) is 4.98 Å². The Morgan fingerprint density at radius 1 is 1.00 bits per heavy atom. The second kappa shape index (κ2) is 9.41. The molecule has 1 aliphatic rings. The van der Waals surface area contributed by atoms with Gasteiger partial charge in [0, 0.05) is 30.8 Å². The van der Waals surface area contributed by atoms with Crippen molar-refractivity contribution < 1.29 is 14.8 Å². The van der Waals surface area contributed by atoms with Crippen LogP contribution in [0.3, 0.4) is 0 Å². The lowest BCUT2D eigenvalue weighted by Gasteiger charge is -2.29. The average Bonchev–Trinajstić information content (AvgIpc) is 3.29. The summed E-state index contributed by atoms with van der Waals surface area (Å²) in [5.41, 5.74) is 6.71. The minimum atomic E-state index is -1.52. The molecule has 0 unspecified atom stereocenters. The number of hydrogen-bond acceptors (Lipinski definition) is 8. The summed E-state index contributed by atoms with van der Waals surface area (Å²) in [5.74, 6) is 1.49. The van der Waals surface area contributed by atoms with E-state index in [1.165, 1.54) is 0 Å². The van der Waals surface area contributed by atoms with E-state index in [1.54, 1.807) is 24.4 Å². The van der Waals surface area contributed by atoms with E-state index in [-0.39, 0.29) is 0 Å². The van der Waals surface area contributed by atoms with Gasteiger partial charge in [0.1, 0.15) is 5.82 Å². The van der Waals surface area contributed by atoms with Crippen molar-refractivity contribution >= 4 is 36.1 Å². The van der Waals surface area contributed by atoms with Crippen LogP contribution in [0.2, 0.25) is 0 Å². The minimum Gasteiger partial charge on any atom is -0.423 e. The molecule has 0 spiro atoms. The van der Waals surface area contributed by atoms with Gasteiger partial charge in [-0.3, -0.25) is 5.43 Å². The predicted octanol–water partition coefficient (Wildman–Crippen LogP) is 1.36. The maximum Gasteiger partial charge on any atom is 0.488 e. The summed E-state index contributed by atoms with van der Waals surface area (Å²) in [6, 6.07) is 20.8. The predicted molar refractivity (Wildman–Crippen MR) is 129 cm³/mol. The fourth-order valence-electron chi connectivity index (χ4n) is 3.76. The molecule has 5 rings (SSSR count). The number of hydrogen-bond donors (Lipinski definition) is 3. The number of nitrogens with zero attached hydrogens (tertiary/aromatic N) is 5. The quantitative estimate of drug-likeness (QED) is 0.235. The third kappa shape index (κ3) is 4.72. The molecule has 1 saturated heterocycles. The number of anilines is 2. The maximum atomic E-state index is 9.35. The van der Waals surface area contributed by atoms with Gasteiger partial charge in [0.2, 0.25) is 0 Å². The van der Waals surface area contributed by atoms with Crippen molar-refractivity contribution in [2.75, 3.05) is 36.6 Å². The summed E-state index contributed by atoms with van der Waals surface area (Å²) in [6.45, 7) is 2.84. The van der Waals surface area contributed by atoms with E-state index in [2.05, 4.69) is 15.4 Å². The number of nitrogens with one attached hydrogen (secondary N) is 1. The molecule has 33 heavy (non-hydrogen) atoms. The Bertz CT molecular complexity index is 1270. The Kier molecular flexibility index (Phi) is 6.03. The molecule has 9 nitrogen and oxygen atoms in total. The fourth-order valence-corrected chi connectivity index (χ4v) is 3.76. The molecule has 1 aliphatic heterocycles. The summed E-state index contributed by atoms with van der Waals surface area (Å²) >= 11 is 0. The van der Waals surface area contributed by atoms with Crippen molar-refractivity contribution in [1.82, 2.24) is 14.6 Å². The number of benzene rings is 2. The van der Waals surface area contributed by atoms with Crippen LogP contribution in [0, 0.1) is 0 Å². The number of rotatable bonds is 6. The molecular weight excluding hydrogens is 419 g/mol. The molecule has 1 fully saturated rings. The zero-order valence-electron chi connectivity index (χ0n) is 17.9. The number of aromatic nitrogens is 3. The van der Waals surface area contributed by atoms with Crippen molar-refractivity contribution in [1.29, 1.82) is 0 Å². The van der Waals surface area contributed by atoms with Crippen LogP contribution >= 0.6 is 0 Å². The van der Waals surface area contributed by atoms with Crippen LogP contribution in [0.15, 0.2) is 71.8 Å². The van der Waals surface area contributed by atoms with Crippen LogP contribution in [0.25, 0.3) is 16.9 Å². The second-order valence-corrected chi connectivity index (χ2v) is 7.68. The molecule has 10 heteroatoms. The molecular formula is C23H23BN6O3. The van der Waals surface area contributed by atoms with Gasteiger partial charge < -0.3 is 19.7 Å². The number of morpholine rings is 1. The normalized spacial score (nSPS) is 14.2. The summed E-state index contributed by atoms with van der Waals surface area (Å²) in [5, 5.41) is 27.8. The van der Waals surface area contributed by atoms with Gasteiger partial charge in [0.05, 0.1) is 25.1 Å². The van der Waals surface area contributed by atoms with Gasteiger partial charge in [-0.1, -0.05) is 54.6 Å². The first-order chi connectivity index (χ1) is 16.2. The summed E-state index contributed by atoms with van der Waals surface area (Å²) < 4.78 is 7.37. The highest BCUT2D eigenvalue weighted by Gasteiger charge is 2.18. The molecule has 4 aromatic rings. The molecule has 0 atom stereocenters. The van der Waals surface area contributed by atoms with Gasteiger partial charge >= 0.3 is 7.12 Å². The van der Waals surface area contributed by atoms with Crippen LogP contribution < -0.4 is 15.8 Å². The Hall–Kier alpha value is -3.73. The first-order valence-electron chi connectivity index (χ1n) is 10.7. The van der Waals surface area contributed by atoms with E-state index in [0.29, 0.717) is 30.1 Å². The van der Waals surface area contributed by atoms with Crippen molar-refractivity contribution in [3.63, 3.8) is 0 Å². The molecule has 166 valence electrons. The van der Waals surface area contributed by atoms with E-state index < -0.39 is 7.12 Å². The average molecular weight is 442 g/mol. The lowest BCUT2D eigenvalue weighted by Crippen LogP contribution is -2.37. The van der Waals surface area contributed by atoms with E-state index in [9.17, 15) is 10.0 Å². The van der Waals surface area contributed by atoms with Crippen LogP contribution in [0.1, 0.15) is 5.56 Å². The molecule has 0 bridgehead atoms. The van der Waals surface area contributed by atoms with Gasteiger partial charge in [-0.05, 0) is 11.0 Å². The molecule has 0 aliphatic carbocycles. The lowest BCUT2D eigenvalue weighted by molar-refractivity contribution is 0.122. The van der Waals surface area contributed by atoms with Gasteiger partial charge in [-0.2, -0.15) is 14.7 Å². The zero-order chi connectivity index (χ0) is 22.6. The molecule has 3 heterocycles. The third-order valence-electron chi connectivity index (χ3n) is 5.41. The first kappa shape index (κ1) is 21.1. The molecule has 2 aromatic carbocycles. The topological polar surface area (TPSA) is 108 Å². The smallest absolute Gasteiger partial charge is 0.423 e. The van der Waals surface area contributed by atoms with E-state index in [0.717, 1.165) is 35.7 Å².